The summed E-state index contributed by atoms with van der Waals surface area (Å²) in [5, 5.41) is 3.25. The van der Waals surface area contributed by atoms with Crippen molar-refractivity contribution < 1.29 is 4.79 Å². The molecule has 3 atom stereocenters. The molecule has 0 aromatic heterocycles. The topological polar surface area (TPSA) is 32.3 Å². The lowest BCUT2D eigenvalue weighted by atomic mass is 9.97. The van der Waals surface area contributed by atoms with Gasteiger partial charge in [0.2, 0.25) is 5.91 Å². The van der Waals surface area contributed by atoms with Crippen molar-refractivity contribution >= 4 is 5.91 Å². The summed E-state index contributed by atoms with van der Waals surface area (Å²) in [4.78, 5) is 14.3. The van der Waals surface area contributed by atoms with E-state index >= 15 is 0 Å². The van der Waals surface area contributed by atoms with Crippen LogP contribution in [0.3, 0.4) is 0 Å². The first kappa shape index (κ1) is 12.9. The molecule has 2 rings (SSSR count). The number of amides is 1. The highest BCUT2D eigenvalue weighted by Crippen LogP contribution is 2.38. The van der Waals surface area contributed by atoms with Gasteiger partial charge in [-0.2, -0.15) is 0 Å². The number of carbonyl (C=O) groups excluding carboxylic acids is 1. The van der Waals surface area contributed by atoms with Crippen molar-refractivity contribution in [2.45, 2.75) is 46.1 Å². The Morgan fingerprint density at radius 1 is 1.35 bits per heavy atom. The van der Waals surface area contributed by atoms with Crippen molar-refractivity contribution in [3.05, 3.63) is 0 Å². The molecule has 98 valence electrons. The van der Waals surface area contributed by atoms with Crippen molar-refractivity contribution in [2.24, 2.45) is 17.8 Å². The minimum Gasteiger partial charge on any atom is -0.353 e. The smallest absolute Gasteiger partial charge is 0.222 e. The fraction of sp³-hybridized carbons (Fsp3) is 0.929. The van der Waals surface area contributed by atoms with E-state index in [1.165, 1.54) is 38.9 Å². The van der Waals surface area contributed by atoms with Crippen LogP contribution in [-0.4, -0.2) is 36.5 Å². The molecule has 3 heteroatoms. The zero-order valence-corrected chi connectivity index (χ0v) is 11.4. The molecule has 1 N–H and O–H groups in total. The van der Waals surface area contributed by atoms with Gasteiger partial charge in [-0.15, -0.1) is 0 Å². The van der Waals surface area contributed by atoms with Crippen LogP contribution in [0.2, 0.25) is 0 Å². The molecule has 1 saturated carbocycles. The minimum atomic E-state index is 0.113. The maximum Gasteiger partial charge on any atom is 0.222 e. The molecule has 0 radical (unpaired) electrons. The SMILES string of the molecule is CCCN1CC2CCC(NC(=O)C(C)C)C2C1. The molecule has 0 aromatic carbocycles. The molecule has 1 amide bonds. The van der Waals surface area contributed by atoms with Crippen LogP contribution in [0.15, 0.2) is 0 Å². The van der Waals surface area contributed by atoms with Crippen LogP contribution in [-0.2, 0) is 4.79 Å². The average molecular weight is 238 g/mol. The van der Waals surface area contributed by atoms with Crippen LogP contribution in [0.1, 0.15) is 40.0 Å². The Bertz CT molecular complexity index is 277. The second-order valence-electron chi connectivity index (χ2n) is 6.03. The highest BCUT2D eigenvalue weighted by Gasteiger charge is 2.42. The van der Waals surface area contributed by atoms with E-state index in [1.54, 1.807) is 0 Å². The van der Waals surface area contributed by atoms with Crippen LogP contribution < -0.4 is 5.32 Å². The van der Waals surface area contributed by atoms with E-state index in [2.05, 4.69) is 17.1 Å². The summed E-state index contributed by atoms with van der Waals surface area (Å²) in [5.41, 5.74) is 0. The molecule has 0 aromatic rings. The Labute approximate surface area is 105 Å². The van der Waals surface area contributed by atoms with Gasteiger partial charge in [-0.05, 0) is 37.6 Å². The van der Waals surface area contributed by atoms with E-state index in [4.69, 9.17) is 0 Å². The number of nitrogens with zero attached hydrogens (tertiary/aromatic N) is 1. The number of likely N-dealkylation sites (tertiary alicyclic amines) is 1. The summed E-state index contributed by atoms with van der Waals surface area (Å²) in [7, 11) is 0. The van der Waals surface area contributed by atoms with Crippen LogP contribution >= 0.6 is 0 Å². The van der Waals surface area contributed by atoms with Gasteiger partial charge in [0, 0.05) is 25.0 Å². The molecule has 1 saturated heterocycles. The molecule has 2 aliphatic rings. The van der Waals surface area contributed by atoms with Gasteiger partial charge in [-0.1, -0.05) is 20.8 Å². The Balaban J connectivity index is 1.88. The summed E-state index contributed by atoms with van der Waals surface area (Å²) in [6.45, 7) is 9.86. The van der Waals surface area contributed by atoms with Gasteiger partial charge in [0.1, 0.15) is 0 Å². The molecule has 17 heavy (non-hydrogen) atoms. The summed E-state index contributed by atoms with van der Waals surface area (Å²) in [6, 6.07) is 0.441. The molecule has 3 nitrogen and oxygen atoms in total. The molecule has 1 aliphatic carbocycles. The standard InChI is InChI=1S/C14H26N2O/c1-4-7-16-8-11-5-6-13(12(11)9-16)15-14(17)10(2)3/h10-13H,4-9H2,1-3H3,(H,15,17). The molecule has 3 unspecified atom stereocenters. The molecule has 0 spiro atoms. The zero-order chi connectivity index (χ0) is 12.4. The lowest BCUT2D eigenvalue weighted by molar-refractivity contribution is -0.124. The number of nitrogens with one attached hydrogen (secondary N) is 1. The van der Waals surface area contributed by atoms with Crippen molar-refractivity contribution in [1.82, 2.24) is 10.2 Å². The fourth-order valence-corrected chi connectivity index (χ4v) is 3.39. The third-order valence-corrected chi connectivity index (χ3v) is 4.32. The van der Waals surface area contributed by atoms with Crippen molar-refractivity contribution in [3.63, 3.8) is 0 Å². The normalized spacial score (nSPS) is 33.1. The van der Waals surface area contributed by atoms with E-state index in [9.17, 15) is 4.79 Å². The number of hydrogen-bond acceptors (Lipinski definition) is 2. The van der Waals surface area contributed by atoms with E-state index < -0.39 is 0 Å². The van der Waals surface area contributed by atoms with Gasteiger partial charge in [-0.25, -0.2) is 0 Å². The van der Waals surface area contributed by atoms with Crippen molar-refractivity contribution in [2.75, 3.05) is 19.6 Å². The average Bonchev–Trinajstić information content (AvgIpc) is 2.80. The maximum atomic E-state index is 11.8. The fourth-order valence-electron chi connectivity index (χ4n) is 3.39. The predicted molar refractivity (Wildman–Crippen MR) is 69.7 cm³/mol. The third kappa shape index (κ3) is 2.82. The Kier molecular flexibility index (Phi) is 4.08. The molecular weight excluding hydrogens is 212 g/mol. The Hall–Kier alpha value is -0.570. The Morgan fingerprint density at radius 3 is 2.76 bits per heavy atom. The van der Waals surface area contributed by atoms with E-state index in [0.29, 0.717) is 12.0 Å². The lowest BCUT2D eigenvalue weighted by Crippen LogP contribution is -2.41. The summed E-state index contributed by atoms with van der Waals surface area (Å²) >= 11 is 0. The van der Waals surface area contributed by atoms with Crippen LogP contribution in [0.4, 0.5) is 0 Å². The first-order chi connectivity index (χ1) is 8.11. The van der Waals surface area contributed by atoms with Crippen LogP contribution in [0.25, 0.3) is 0 Å². The summed E-state index contributed by atoms with van der Waals surface area (Å²) < 4.78 is 0. The summed E-state index contributed by atoms with van der Waals surface area (Å²) in [6.07, 6.45) is 3.73. The van der Waals surface area contributed by atoms with Gasteiger partial charge in [0.25, 0.3) is 0 Å². The zero-order valence-electron chi connectivity index (χ0n) is 11.4. The summed E-state index contributed by atoms with van der Waals surface area (Å²) in [5.74, 6) is 1.88. The van der Waals surface area contributed by atoms with Crippen LogP contribution in [0, 0.1) is 17.8 Å². The van der Waals surface area contributed by atoms with E-state index in [-0.39, 0.29) is 11.8 Å². The van der Waals surface area contributed by atoms with E-state index in [0.717, 1.165) is 5.92 Å². The first-order valence-corrected chi connectivity index (χ1v) is 7.14. The van der Waals surface area contributed by atoms with Gasteiger partial charge >= 0.3 is 0 Å². The second-order valence-corrected chi connectivity index (χ2v) is 6.03. The maximum absolute atomic E-state index is 11.8. The van der Waals surface area contributed by atoms with Gasteiger partial charge in [-0.3, -0.25) is 4.79 Å². The van der Waals surface area contributed by atoms with Crippen molar-refractivity contribution in [1.29, 1.82) is 0 Å². The van der Waals surface area contributed by atoms with Gasteiger partial charge in [0.15, 0.2) is 0 Å². The largest absolute Gasteiger partial charge is 0.353 e. The number of carbonyl (C=O) groups is 1. The third-order valence-electron chi connectivity index (χ3n) is 4.32. The van der Waals surface area contributed by atoms with Gasteiger partial charge < -0.3 is 10.2 Å². The molecule has 1 aliphatic heterocycles. The Morgan fingerprint density at radius 2 is 2.12 bits per heavy atom. The highest BCUT2D eigenvalue weighted by molar-refractivity contribution is 5.78. The number of hydrogen-bond donors (Lipinski definition) is 1. The molecule has 2 fully saturated rings. The van der Waals surface area contributed by atoms with E-state index in [1.807, 2.05) is 13.8 Å². The monoisotopic (exact) mass is 238 g/mol. The first-order valence-electron chi connectivity index (χ1n) is 7.14. The van der Waals surface area contributed by atoms with Gasteiger partial charge in [0.05, 0.1) is 0 Å². The highest BCUT2D eigenvalue weighted by atomic mass is 16.1. The second kappa shape index (κ2) is 5.38. The van der Waals surface area contributed by atoms with Crippen molar-refractivity contribution in [3.8, 4) is 0 Å². The molecule has 0 bridgehead atoms. The number of fused-ring (bicyclic) bond motifs is 1. The predicted octanol–water partition coefficient (Wildman–Crippen LogP) is 1.88. The quantitative estimate of drug-likeness (QED) is 0.811. The molecule has 1 heterocycles. The lowest BCUT2D eigenvalue weighted by Gasteiger charge is -2.22. The van der Waals surface area contributed by atoms with Crippen LogP contribution in [0.5, 0.6) is 0 Å². The molecular formula is C14H26N2O. The minimum absolute atomic E-state index is 0.113. The number of rotatable bonds is 4.